The molecule has 1 aromatic carbocycles. The molecule has 1 atom stereocenters. The molecule has 1 aliphatic carbocycles. The maximum Gasteiger partial charge on any atom is 0.248 e. The molecule has 2 amide bonds. The number of amides is 2. The van der Waals surface area contributed by atoms with Crippen molar-refractivity contribution in [2.24, 2.45) is 11.1 Å². The van der Waals surface area contributed by atoms with Gasteiger partial charge in [-0.3, -0.25) is 9.59 Å². The summed E-state index contributed by atoms with van der Waals surface area (Å²) in [6, 6.07) is 5.57. The fourth-order valence-corrected chi connectivity index (χ4v) is 2.63. The SMILES string of the molecule is CCC(C)(C)C(=O)NC1CCCc2cc(C(N)=O)ccc21. The van der Waals surface area contributed by atoms with Crippen LogP contribution in [0.25, 0.3) is 0 Å². The molecule has 0 spiro atoms. The van der Waals surface area contributed by atoms with Gasteiger partial charge in [0.25, 0.3) is 0 Å². The predicted molar refractivity (Wildman–Crippen MR) is 82.9 cm³/mol. The first kappa shape index (κ1) is 15.5. The molecule has 1 aliphatic rings. The van der Waals surface area contributed by atoms with Gasteiger partial charge in [0.15, 0.2) is 0 Å². The Balaban J connectivity index is 2.23. The second-order valence-electron chi connectivity index (χ2n) is 6.43. The van der Waals surface area contributed by atoms with Gasteiger partial charge in [-0.05, 0) is 48.9 Å². The summed E-state index contributed by atoms with van der Waals surface area (Å²) < 4.78 is 0. The average Bonchev–Trinajstić information content (AvgIpc) is 2.46. The molecule has 0 heterocycles. The third-order valence-electron chi connectivity index (χ3n) is 4.55. The van der Waals surface area contributed by atoms with Crippen molar-refractivity contribution in [3.8, 4) is 0 Å². The van der Waals surface area contributed by atoms with Crippen molar-refractivity contribution in [1.29, 1.82) is 0 Å². The topological polar surface area (TPSA) is 72.2 Å². The lowest BCUT2D eigenvalue weighted by Gasteiger charge is -2.30. The molecule has 0 fully saturated rings. The van der Waals surface area contributed by atoms with E-state index in [1.165, 1.54) is 0 Å². The van der Waals surface area contributed by atoms with Crippen LogP contribution in [0.3, 0.4) is 0 Å². The quantitative estimate of drug-likeness (QED) is 0.894. The summed E-state index contributed by atoms with van der Waals surface area (Å²) in [6.07, 6.45) is 3.68. The Labute approximate surface area is 126 Å². The van der Waals surface area contributed by atoms with Crippen LogP contribution in [-0.2, 0) is 11.2 Å². The van der Waals surface area contributed by atoms with Crippen molar-refractivity contribution >= 4 is 11.8 Å². The number of benzene rings is 1. The molecule has 0 bridgehead atoms. The molecule has 4 heteroatoms. The summed E-state index contributed by atoms with van der Waals surface area (Å²) in [5, 5.41) is 3.16. The Hall–Kier alpha value is -1.84. The summed E-state index contributed by atoms with van der Waals surface area (Å²) in [5.41, 5.74) is 7.75. The van der Waals surface area contributed by atoms with Gasteiger partial charge in [-0.1, -0.05) is 26.8 Å². The summed E-state index contributed by atoms with van der Waals surface area (Å²) in [6.45, 7) is 5.94. The Morgan fingerprint density at radius 3 is 2.71 bits per heavy atom. The Morgan fingerprint density at radius 2 is 2.10 bits per heavy atom. The fourth-order valence-electron chi connectivity index (χ4n) is 2.63. The van der Waals surface area contributed by atoms with Gasteiger partial charge in [0.2, 0.25) is 11.8 Å². The highest BCUT2D eigenvalue weighted by Crippen LogP contribution is 2.32. The van der Waals surface area contributed by atoms with Crippen LogP contribution < -0.4 is 11.1 Å². The lowest BCUT2D eigenvalue weighted by molar-refractivity contribution is -0.130. The van der Waals surface area contributed by atoms with Crippen LogP contribution in [0.15, 0.2) is 18.2 Å². The van der Waals surface area contributed by atoms with Crippen LogP contribution in [0.1, 0.15) is 67.6 Å². The van der Waals surface area contributed by atoms with E-state index >= 15 is 0 Å². The van der Waals surface area contributed by atoms with Gasteiger partial charge in [0.1, 0.15) is 0 Å². The third kappa shape index (κ3) is 3.26. The van der Waals surface area contributed by atoms with Crippen LogP contribution in [0.5, 0.6) is 0 Å². The van der Waals surface area contributed by atoms with E-state index < -0.39 is 5.91 Å². The van der Waals surface area contributed by atoms with Crippen LogP contribution in [0.4, 0.5) is 0 Å². The molecule has 3 N–H and O–H groups in total. The van der Waals surface area contributed by atoms with Crippen LogP contribution in [0, 0.1) is 5.41 Å². The van der Waals surface area contributed by atoms with Gasteiger partial charge < -0.3 is 11.1 Å². The molecule has 21 heavy (non-hydrogen) atoms. The van der Waals surface area contributed by atoms with E-state index in [0.717, 1.165) is 36.8 Å². The van der Waals surface area contributed by atoms with E-state index in [-0.39, 0.29) is 17.4 Å². The average molecular weight is 288 g/mol. The molecule has 0 aromatic heterocycles. The summed E-state index contributed by atoms with van der Waals surface area (Å²) >= 11 is 0. The van der Waals surface area contributed by atoms with E-state index in [4.69, 9.17) is 5.73 Å². The molecule has 0 aliphatic heterocycles. The van der Waals surface area contributed by atoms with Gasteiger partial charge in [-0.2, -0.15) is 0 Å². The zero-order valence-corrected chi connectivity index (χ0v) is 13.0. The molecule has 2 rings (SSSR count). The summed E-state index contributed by atoms with van der Waals surface area (Å²) in [7, 11) is 0. The van der Waals surface area contributed by atoms with Crippen molar-refractivity contribution in [1.82, 2.24) is 5.32 Å². The van der Waals surface area contributed by atoms with Gasteiger partial charge in [0, 0.05) is 11.0 Å². The summed E-state index contributed by atoms with van der Waals surface area (Å²) in [5.74, 6) is -0.321. The van der Waals surface area contributed by atoms with E-state index in [1.807, 2.05) is 32.9 Å². The molecule has 0 saturated heterocycles. The number of primary amides is 1. The molecule has 0 saturated carbocycles. The van der Waals surface area contributed by atoms with Crippen LogP contribution >= 0.6 is 0 Å². The molecular formula is C17H24N2O2. The first-order valence-electron chi connectivity index (χ1n) is 7.58. The van der Waals surface area contributed by atoms with E-state index in [0.29, 0.717) is 5.56 Å². The highest BCUT2D eigenvalue weighted by Gasteiger charge is 2.29. The largest absolute Gasteiger partial charge is 0.366 e. The maximum atomic E-state index is 12.4. The number of rotatable bonds is 4. The number of fused-ring (bicyclic) bond motifs is 1. The van der Waals surface area contributed by atoms with Crippen molar-refractivity contribution in [2.45, 2.75) is 52.5 Å². The minimum absolute atomic E-state index is 0.0361. The number of nitrogens with two attached hydrogens (primary N) is 1. The molecule has 114 valence electrons. The monoisotopic (exact) mass is 288 g/mol. The number of hydrogen-bond donors (Lipinski definition) is 2. The van der Waals surface area contributed by atoms with Crippen molar-refractivity contribution in [3.63, 3.8) is 0 Å². The maximum absolute atomic E-state index is 12.4. The second kappa shape index (κ2) is 5.88. The Morgan fingerprint density at radius 1 is 1.38 bits per heavy atom. The predicted octanol–water partition coefficient (Wildman–Crippen LogP) is 2.72. The second-order valence-corrected chi connectivity index (χ2v) is 6.43. The molecule has 1 unspecified atom stereocenters. The zero-order chi connectivity index (χ0) is 15.6. The molecular weight excluding hydrogens is 264 g/mol. The number of hydrogen-bond acceptors (Lipinski definition) is 2. The van der Waals surface area contributed by atoms with Gasteiger partial charge in [-0.25, -0.2) is 0 Å². The van der Waals surface area contributed by atoms with Crippen LogP contribution in [0.2, 0.25) is 0 Å². The molecule has 0 radical (unpaired) electrons. The van der Waals surface area contributed by atoms with Gasteiger partial charge in [-0.15, -0.1) is 0 Å². The lowest BCUT2D eigenvalue weighted by Crippen LogP contribution is -2.39. The minimum Gasteiger partial charge on any atom is -0.366 e. The van der Waals surface area contributed by atoms with Crippen molar-refractivity contribution in [2.75, 3.05) is 0 Å². The van der Waals surface area contributed by atoms with Crippen LogP contribution in [-0.4, -0.2) is 11.8 Å². The highest BCUT2D eigenvalue weighted by atomic mass is 16.2. The Kier molecular flexibility index (Phi) is 4.35. The summed E-state index contributed by atoms with van der Waals surface area (Å²) in [4.78, 5) is 23.6. The van der Waals surface area contributed by atoms with Crippen molar-refractivity contribution in [3.05, 3.63) is 34.9 Å². The number of carbonyl (C=O) groups is 2. The normalized spacial score (nSPS) is 18.0. The zero-order valence-electron chi connectivity index (χ0n) is 13.0. The van der Waals surface area contributed by atoms with E-state index in [1.54, 1.807) is 6.07 Å². The van der Waals surface area contributed by atoms with E-state index in [2.05, 4.69) is 5.32 Å². The lowest BCUT2D eigenvalue weighted by atomic mass is 9.84. The van der Waals surface area contributed by atoms with Crippen molar-refractivity contribution < 1.29 is 9.59 Å². The third-order valence-corrected chi connectivity index (χ3v) is 4.55. The standard InChI is InChI=1S/C17H24N2O2/c1-4-17(2,3)16(21)19-14-7-5-6-11-10-12(15(18)20)8-9-13(11)14/h8-10,14H,4-7H2,1-3H3,(H2,18,20)(H,19,21). The number of aryl methyl sites for hydroxylation is 1. The molecule has 1 aromatic rings. The first-order chi connectivity index (χ1) is 9.85. The van der Waals surface area contributed by atoms with Gasteiger partial charge >= 0.3 is 0 Å². The molecule has 4 nitrogen and oxygen atoms in total. The van der Waals surface area contributed by atoms with Gasteiger partial charge in [0.05, 0.1) is 6.04 Å². The minimum atomic E-state index is -0.406. The Bertz CT molecular complexity index is 564. The number of nitrogens with one attached hydrogen (secondary N) is 1. The first-order valence-corrected chi connectivity index (χ1v) is 7.58. The number of carbonyl (C=O) groups excluding carboxylic acids is 2. The highest BCUT2D eigenvalue weighted by molar-refractivity contribution is 5.93. The smallest absolute Gasteiger partial charge is 0.248 e. The fraction of sp³-hybridized carbons (Fsp3) is 0.529. The van der Waals surface area contributed by atoms with E-state index in [9.17, 15) is 9.59 Å².